The highest BCUT2D eigenvalue weighted by Crippen LogP contribution is 2.16. The molecular weight excluding hydrogens is 210 g/mol. The molecule has 0 N–H and O–H groups in total. The van der Waals surface area contributed by atoms with E-state index in [0.29, 0.717) is 0 Å². The Morgan fingerprint density at radius 3 is 2.29 bits per heavy atom. The zero-order chi connectivity index (χ0) is 12.7. The van der Waals surface area contributed by atoms with Crippen LogP contribution in [-0.2, 0) is 0 Å². The van der Waals surface area contributed by atoms with Crippen molar-refractivity contribution in [3.8, 4) is 0 Å². The van der Waals surface area contributed by atoms with Crippen LogP contribution in [0.4, 0.5) is 5.69 Å². The van der Waals surface area contributed by atoms with Gasteiger partial charge in [-0.1, -0.05) is 19.1 Å². The van der Waals surface area contributed by atoms with E-state index in [-0.39, 0.29) is 5.82 Å². The lowest BCUT2D eigenvalue weighted by Gasteiger charge is -2.18. The smallest absolute Gasteiger partial charge is 0.375 e. The van der Waals surface area contributed by atoms with E-state index in [1.54, 1.807) is 6.08 Å². The normalized spacial score (nSPS) is 8.94. The lowest BCUT2D eigenvalue weighted by Crippen LogP contribution is -2.17. The fourth-order valence-electron chi connectivity index (χ4n) is 1.53. The van der Waals surface area contributed by atoms with E-state index in [1.165, 1.54) is 0 Å². The second-order valence-electron chi connectivity index (χ2n) is 3.74. The summed E-state index contributed by atoms with van der Waals surface area (Å²) in [5.74, 6) is 0.0969. The average molecular weight is 225 g/mol. The average Bonchev–Trinajstić information content (AvgIpc) is 2.37. The highest BCUT2D eigenvalue weighted by atomic mass is 15.1. The van der Waals surface area contributed by atoms with Crippen molar-refractivity contribution in [2.24, 2.45) is 0 Å². The molecule has 0 saturated heterocycles. The second-order valence-corrected chi connectivity index (χ2v) is 3.74. The Kier molecular flexibility index (Phi) is 4.78. The van der Waals surface area contributed by atoms with Gasteiger partial charge in [0.15, 0.2) is 0 Å². The molecule has 3 nitrogen and oxygen atoms in total. The minimum absolute atomic E-state index is 0.0969. The van der Waals surface area contributed by atoms with Crippen LogP contribution in [0.25, 0.3) is 15.8 Å². The highest BCUT2D eigenvalue weighted by Gasteiger charge is 2.03. The third kappa shape index (κ3) is 3.66. The lowest BCUT2D eigenvalue weighted by molar-refractivity contribution is 0.852. The third-order valence-corrected chi connectivity index (χ3v) is 2.42. The van der Waals surface area contributed by atoms with Gasteiger partial charge in [-0.15, -0.1) is 0 Å². The van der Waals surface area contributed by atoms with Gasteiger partial charge in [0.25, 0.3) is 0 Å². The summed E-state index contributed by atoms with van der Waals surface area (Å²) < 4.78 is 0. The predicted molar refractivity (Wildman–Crippen MR) is 71.2 cm³/mol. The molecule has 1 rings (SSSR count). The summed E-state index contributed by atoms with van der Waals surface area (Å²) in [6.07, 6.45) is 2.71. The molecule has 1 aromatic rings. The van der Waals surface area contributed by atoms with Gasteiger partial charge in [0.05, 0.1) is 0 Å². The molecule has 0 fully saturated rings. The lowest BCUT2D eigenvalue weighted by atomic mass is 10.2. The molecule has 0 atom stereocenters. The maximum atomic E-state index is 6.81. The summed E-state index contributed by atoms with van der Waals surface area (Å²) in [5.41, 5.74) is 2.04. The zero-order valence-electron chi connectivity index (χ0n) is 10.1. The van der Waals surface area contributed by atoms with Gasteiger partial charge in [-0.05, 0) is 24.1 Å². The van der Waals surface area contributed by atoms with Crippen LogP contribution in [0.15, 0.2) is 30.1 Å². The van der Waals surface area contributed by atoms with Gasteiger partial charge < -0.3 is 4.90 Å². The number of hydrogen-bond donors (Lipinski definition) is 0. The van der Waals surface area contributed by atoms with Crippen LogP contribution in [0.3, 0.4) is 0 Å². The quantitative estimate of drug-likeness (QED) is 0.712. The number of benzene rings is 1. The summed E-state index contributed by atoms with van der Waals surface area (Å²) in [7, 11) is 2.05. The molecule has 0 aromatic heterocycles. The van der Waals surface area contributed by atoms with Crippen LogP contribution < -0.4 is 4.90 Å². The molecule has 17 heavy (non-hydrogen) atoms. The molecular formula is C14H15N3. The Bertz CT molecular complexity index is 456. The van der Waals surface area contributed by atoms with E-state index >= 15 is 0 Å². The minimum atomic E-state index is 0.0969. The van der Waals surface area contributed by atoms with Crippen molar-refractivity contribution in [2.75, 3.05) is 18.5 Å². The first-order chi connectivity index (χ1) is 8.21. The monoisotopic (exact) mass is 225 g/mol. The summed E-state index contributed by atoms with van der Waals surface area (Å²) in [4.78, 5) is 8.45. The second kappa shape index (κ2) is 6.35. The molecule has 0 amide bonds. The van der Waals surface area contributed by atoms with Gasteiger partial charge >= 0.3 is 5.82 Å². The molecule has 0 spiro atoms. The molecule has 0 unspecified atom stereocenters. The predicted octanol–water partition coefficient (Wildman–Crippen LogP) is 3.67. The maximum absolute atomic E-state index is 6.81. The van der Waals surface area contributed by atoms with Crippen LogP contribution in [0.1, 0.15) is 18.9 Å². The molecule has 0 aliphatic rings. The zero-order valence-corrected chi connectivity index (χ0v) is 10.1. The van der Waals surface area contributed by atoms with Crippen LogP contribution in [0, 0.1) is 13.1 Å². The largest absolute Gasteiger partial charge is 0.519 e. The van der Waals surface area contributed by atoms with Gasteiger partial charge in [-0.3, -0.25) is 0 Å². The van der Waals surface area contributed by atoms with Crippen molar-refractivity contribution >= 4 is 11.8 Å². The van der Waals surface area contributed by atoms with Gasteiger partial charge in [-0.2, -0.15) is 9.69 Å². The van der Waals surface area contributed by atoms with Crippen molar-refractivity contribution in [1.29, 1.82) is 0 Å². The molecule has 0 heterocycles. The van der Waals surface area contributed by atoms with E-state index in [9.17, 15) is 0 Å². The van der Waals surface area contributed by atoms with Gasteiger partial charge in [0.1, 0.15) is 13.1 Å². The fraction of sp³-hybridized carbons (Fsp3) is 0.286. The first kappa shape index (κ1) is 12.8. The number of hydrogen-bond acceptors (Lipinski definition) is 1. The summed E-state index contributed by atoms with van der Waals surface area (Å²) >= 11 is 0. The Hall–Kier alpha value is -2.26. The van der Waals surface area contributed by atoms with Crippen molar-refractivity contribution in [3.63, 3.8) is 0 Å². The Balaban J connectivity index is 2.86. The molecule has 1 aromatic carbocycles. The number of rotatable bonds is 4. The molecule has 0 radical (unpaired) electrons. The van der Waals surface area contributed by atoms with E-state index in [0.717, 1.165) is 24.2 Å². The van der Waals surface area contributed by atoms with Gasteiger partial charge in [0.2, 0.25) is 0 Å². The van der Waals surface area contributed by atoms with Crippen molar-refractivity contribution in [3.05, 3.63) is 58.5 Å². The molecule has 3 heteroatoms. The number of anilines is 1. The first-order valence-electron chi connectivity index (χ1n) is 5.49. The summed E-state index contributed by atoms with van der Waals surface area (Å²) in [6, 6.07) is 7.87. The van der Waals surface area contributed by atoms with Crippen LogP contribution >= 0.6 is 0 Å². The van der Waals surface area contributed by atoms with Gasteiger partial charge in [0, 0.05) is 25.4 Å². The van der Waals surface area contributed by atoms with Crippen LogP contribution in [0.5, 0.6) is 0 Å². The van der Waals surface area contributed by atoms with Crippen molar-refractivity contribution in [1.82, 2.24) is 0 Å². The Morgan fingerprint density at radius 2 is 1.82 bits per heavy atom. The van der Waals surface area contributed by atoms with E-state index in [2.05, 4.69) is 28.6 Å². The maximum Gasteiger partial charge on any atom is 0.519 e. The Morgan fingerprint density at radius 1 is 1.24 bits per heavy atom. The molecule has 0 saturated carbocycles. The third-order valence-electron chi connectivity index (χ3n) is 2.42. The SMILES string of the molecule is [C-]#[N+]C(=Cc1ccc(N(C)CCC)cc1)[N+]#[C-]. The molecule has 0 aliphatic heterocycles. The summed E-state index contributed by atoms with van der Waals surface area (Å²) in [6.45, 7) is 16.8. The molecule has 0 aliphatic carbocycles. The highest BCUT2D eigenvalue weighted by molar-refractivity contribution is 5.59. The topological polar surface area (TPSA) is 12.0 Å². The standard InChI is InChI=1S/C14H15N3/c1-5-10-17(4)13-8-6-12(7-9-13)11-14(15-2)16-3/h6-9,11H,5,10H2,1,4H3. The van der Waals surface area contributed by atoms with Crippen LogP contribution in [0.2, 0.25) is 0 Å². The van der Waals surface area contributed by atoms with E-state index < -0.39 is 0 Å². The Labute approximate surface area is 103 Å². The van der Waals surface area contributed by atoms with Crippen LogP contribution in [-0.4, -0.2) is 13.6 Å². The minimum Gasteiger partial charge on any atom is -0.375 e. The van der Waals surface area contributed by atoms with Crippen molar-refractivity contribution < 1.29 is 0 Å². The van der Waals surface area contributed by atoms with Crippen molar-refractivity contribution in [2.45, 2.75) is 13.3 Å². The van der Waals surface area contributed by atoms with E-state index in [4.69, 9.17) is 13.1 Å². The first-order valence-corrected chi connectivity index (χ1v) is 5.49. The number of nitrogens with zero attached hydrogens (tertiary/aromatic N) is 3. The fourth-order valence-corrected chi connectivity index (χ4v) is 1.53. The molecule has 86 valence electrons. The van der Waals surface area contributed by atoms with E-state index in [1.807, 2.05) is 24.3 Å². The summed E-state index contributed by atoms with van der Waals surface area (Å²) in [5, 5.41) is 0. The molecule has 0 bridgehead atoms. The van der Waals surface area contributed by atoms with Gasteiger partial charge in [-0.25, -0.2) is 0 Å².